The molecule has 0 saturated carbocycles. The summed E-state index contributed by atoms with van der Waals surface area (Å²) >= 11 is 1.43. The maximum atomic E-state index is 12.1. The highest BCUT2D eigenvalue weighted by atomic mass is 32.1. The van der Waals surface area contributed by atoms with Gasteiger partial charge in [0.25, 0.3) is 5.91 Å². The summed E-state index contributed by atoms with van der Waals surface area (Å²) in [4.78, 5) is 12.8. The first-order valence-electron chi connectivity index (χ1n) is 6.22. The van der Waals surface area contributed by atoms with Gasteiger partial charge in [0.2, 0.25) is 0 Å². The average Bonchev–Trinajstić information content (AvgIpc) is 2.78. The van der Waals surface area contributed by atoms with E-state index in [1.54, 1.807) is 0 Å². The predicted octanol–water partition coefficient (Wildman–Crippen LogP) is 2.23. The molecule has 0 radical (unpaired) electrons. The summed E-state index contributed by atoms with van der Waals surface area (Å²) in [6.07, 6.45) is 0. The zero-order valence-electron chi connectivity index (χ0n) is 11.0. The minimum absolute atomic E-state index is 0.0543. The fourth-order valence-electron chi connectivity index (χ4n) is 1.84. The smallest absolute Gasteiger partial charge is 0.261 e. The summed E-state index contributed by atoms with van der Waals surface area (Å²) in [5.41, 5.74) is 6.41. The SMILES string of the molecule is CC(C)[C@@H](CO)NC(=O)c1cc2cc(N)ccc2s1. The van der Waals surface area contributed by atoms with E-state index in [1.807, 2.05) is 38.1 Å². The summed E-state index contributed by atoms with van der Waals surface area (Å²) in [6, 6.07) is 7.21. The first kappa shape index (κ1) is 13.8. The number of carbonyl (C=O) groups is 1. The Morgan fingerprint density at radius 3 is 2.79 bits per heavy atom. The zero-order chi connectivity index (χ0) is 14.0. The summed E-state index contributed by atoms with van der Waals surface area (Å²) in [6.45, 7) is 3.88. The van der Waals surface area contributed by atoms with Gasteiger partial charge in [0, 0.05) is 10.4 Å². The lowest BCUT2D eigenvalue weighted by molar-refractivity contribution is 0.0901. The topological polar surface area (TPSA) is 75.3 Å². The monoisotopic (exact) mass is 278 g/mol. The number of amides is 1. The number of aliphatic hydroxyl groups excluding tert-OH is 1. The van der Waals surface area contributed by atoms with Crippen LogP contribution in [0.1, 0.15) is 23.5 Å². The van der Waals surface area contributed by atoms with Crippen LogP contribution in [0.3, 0.4) is 0 Å². The molecular formula is C14H18N2O2S. The van der Waals surface area contributed by atoms with Crippen molar-refractivity contribution < 1.29 is 9.90 Å². The molecule has 5 heteroatoms. The molecule has 0 unspecified atom stereocenters. The van der Waals surface area contributed by atoms with E-state index in [4.69, 9.17) is 5.73 Å². The molecule has 19 heavy (non-hydrogen) atoms. The molecule has 0 aliphatic rings. The fraction of sp³-hybridized carbons (Fsp3) is 0.357. The van der Waals surface area contributed by atoms with Gasteiger partial charge in [-0.2, -0.15) is 0 Å². The minimum atomic E-state index is -0.220. The summed E-state index contributed by atoms with van der Waals surface area (Å²) in [5.74, 6) is 0.0477. The van der Waals surface area contributed by atoms with Crippen molar-refractivity contribution in [2.75, 3.05) is 12.3 Å². The van der Waals surface area contributed by atoms with E-state index >= 15 is 0 Å². The lowest BCUT2D eigenvalue weighted by Crippen LogP contribution is -2.40. The molecule has 102 valence electrons. The van der Waals surface area contributed by atoms with Gasteiger partial charge >= 0.3 is 0 Å². The molecule has 0 fully saturated rings. The number of rotatable bonds is 4. The Bertz CT molecular complexity index is 592. The highest BCUT2D eigenvalue weighted by Gasteiger charge is 2.17. The molecule has 2 rings (SSSR count). The number of aliphatic hydroxyl groups is 1. The van der Waals surface area contributed by atoms with Gasteiger partial charge in [-0.15, -0.1) is 11.3 Å². The lowest BCUT2D eigenvalue weighted by Gasteiger charge is -2.19. The number of hydrogen-bond acceptors (Lipinski definition) is 4. The van der Waals surface area contributed by atoms with Crippen LogP contribution < -0.4 is 11.1 Å². The van der Waals surface area contributed by atoms with Crippen molar-refractivity contribution in [2.24, 2.45) is 5.92 Å². The number of nitrogen functional groups attached to an aromatic ring is 1. The van der Waals surface area contributed by atoms with Crippen LogP contribution in [0.5, 0.6) is 0 Å². The van der Waals surface area contributed by atoms with Crippen molar-refractivity contribution in [3.8, 4) is 0 Å². The zero-order valence-corrected chi connectivity index (χ0v) is 11.8. The van der Waals surface area contributed by atoms with Crippen LogP contribution in [0.2, 0.25) is 0 Å². The van der Waals surface area contributed by atoms with E-state index in [0.29, 0.717) is 10.6 Å². The fourth-order valence-corrected chi connectivity index (χ4v) is 2.78. The molecule has 4 N–H and O–H groups in total. The highest BCUT2D eigenvalue weighted by molar-refractivity contribution is 7.20. The third-order valence-corrected chi connectivity index (χ3v) is 4.20. The Morgan fingerprint density at radius 2 is 2.16 bits per heavy atom. The summed E-state index contributed by atoms with van der Waals surface area (Å²) in [5, 5.41) is 13.1. The van der Waals surface area contributed by atoms with Crippen LogP contribution in [0, 0.1) is 5.92 Å². The molecule has 1 aromatic carbocycles. The minimum Gasteiger partial charge on any atom is -0.399 e. The number of nitrogens with two attached hydrogens (primary N) is 1. The van der Waals surface area contributed by atoms with E-state index in [1.165, 1.54) is 11.3 Å². The molecule has 1 amide bonds. The molecule has 0 saturated heterocycles. The highest BCUT2D eigenvalue weighted by Crippen LogP contribution is 2.27. The van der Waals surface area contributed by atoms with Crippen LogP contribution in [0.4, 0.5) is 5.69 Å². The first-order chi connectivity index (χ1) is 9.01. The molecule has 4 nitrogen and oxygen atoms in total. The van der Waals surface area contributed by atoms with Crippen LogP contribution >= 0.6 is 11.3 Å². The second-order valence-corrected chi connectivity index (χ2v) is 6.00. The third kappa shape index (κ3) is 3.05. The van der Waals surface area contributed by atoms with Crippen molar-refractivity contribution in [2.45, 2.75) is 19.9 Å². The average molecular weight is 278 g/mol. The van der Waals surface area contributed by atoms with Crippen molar-refractivity contribution in [3.05, 3.63) is 29.1 Å². The summed E-state index contributed by atoms with van der Waals surface area (Å²) in [7, 11) is 0. The van der Waals surface area contributed by atoms with Crippen molar-refractivity contribution in [1.82, 2.24) is 5.32 Å². The van der Waals surface area contributed by atoms with Crippen LogP contribution in [-0.4, -0.2) is 23.7 Å². The number of thiophene rings is 1. The standard InChI is InChI=1S/C14H18N2O2S/c1-8(2)11(7-17)16-14(18)13-6-9-5-10(15)3-4-12(9)19-13/h3-6,8,11,17H,7,15H2,1-2H3,(H,16,18)/t11-/m1/s1. The lowest BCUT2D eigenvalue weighted by atomic mass is 10.1. The van der Waals surface area contributed by atoms with Gasteiger partial charge in [0.15, 0.2) is 0 Å². The molecule has 0 aliphatic heterocycles. The van der Waals surface area contributed by atoms with Crippen LogP contribution in [0.25, 0.3) is 10.1 Å². The van der Waals surface area contributed by atoms with E-state index in [-0.39, 0.29) is 24.5 Å². The number of benzene rings is 1. The first-order valence-corrected chi connectivity index (χ1v) is 7.03. The Labute approximate surface area is 116 Å². The van der Waals surface area contributed by atoms with Gasteiger partial charge < -0.3 is 16.2 Å². The quantitative estimate of drug-likeness (QED) is 0.751. The van der Waals surface area contributed by atoms with E-state index in [0.717, 1.165) is 10.1 Å². The number of fused-ring (bicyclic) bond motifs is 1. The molecule has 1 aromatic heterocycles. The van der Waals surface area contributed by atoms with E-state index < -0.39 is 0 Å². The normalized spacial score (nSPS) is 12.8. The molecule has 0 spiro atoms. The van der Waals surface area contributed by atoms with Gasteiger partial charge in [-0.25, -0.2) is 0 Å². The van der Waals surface area contributed by atoms with Crippen LogP contribution in [0.15, 0.2) is 24.3 Å². The van der Waals surface area contributed by atoms with Gasteiger partial charge in [-0.3, -0.25) is 4.79 Å². The number of anilines is 1. The Hall–Kier alpha value is -1.59. The molecular weight excluding hydrogens is 260 g/mol. The second-order valence-electron chi connectivity index (χ2n) is 4.91. The van der Waals surface area contributed by atoms with E-state index in [9.17, 15) is 9.90 Å². The Morgan fingerprint density at radius 1 is 1.42 bits per heavy atom. The molecule has 1 heterocycles. The Balaban J connectivity index is 2.21. The number of carbonyl (C=O) groups excluding carboxylic acids is 1. The van der Waals surface area contributed by atoms with E-state index in [2.05, 4.69) is 5.32 Å². The van der Waals surface area contributed by atoms with Crippen molar-refractivity contribution in [1.29, 1.82) is 0 Å². The Kier molecular flexibility index (Phi) is 4.07. The van der Waals surface area contributed by atoms with Crippen molar-refractivity contribution >= 4 is 33.0 Å². The van der Waals surface area contributed by atoms with Gasteiger partial charge in [-0.1, -0.05) is 13.8 Å². The molecule has 0 bridgehead atoms. The molecule has 0 aliphatic carbocycles. The third-order valence-electron chi connectivity index (χ3n) is 3.08. The van der Waals surface area contributed by atoms with Gasteiger partial charge in [0.1, 0.15) is 0 Å². The maximum absolute atomic E-state index is 12.1. The molecule has 2 aromatic rings. The number of nitrogens with one attached hydrogen (secondary N) is 1. The predicted molar refractivity (Wildman–Crippen MR) is 79.4 cm³/mol. The van der Waals surface area contributed by atoms with Crippen LogP contribution in [-0.2, 0) is 0 Å². The van der Waals surface area contributed by atoms with Gasteiger partial charge in [0.05, 0.1) is 17.5 Å². The summed E-state index contributed by atoms with van der Waals surface area (Å²) < 4.78 is 1.03. The number of hydrogen-bond donors (Lipinski definition) is 3. The van der Waals surface area contributed by atoms with Gasteiger partial charge in [-0.05, 0) is 35.6 Å². The molecule has 1 atom stereocenters. The maximum Gasteiger partial charge on any atom is 0.261 e. The van der Waals surface area contributed by atoms with Crippen molar-refractivity contribution in [3.63, 3.8) is 0 Å². The second kappa shape index (κ2) is 5.59. The largest absolute Gasteiger partial charge is 0.399 e.